The van der Waals surface area contributed by atoms with Crippen molar-refractivity contribution in [2.75, 3.05) is 12.3 Å². The molecule has 0 atom stereocenters. The summed E-state index contributed by atoms with van der Waals surface area (Å²) < 4.78 is 27.7. The zero-order chi connectivity index (χ0) is 14.5. The largest absolute Gasteiger partial charge is 0.396 e. The van der Waals surface area contributed by atoms with Crippen molar-refractivity contribution in [2.24, 2.45) is 0 Å². The molecule has 0 spiro atoms. The summed E-state index contributed by atoms with van der Waals surface area (Å²) in [5.74, 6) is -1.72. The summed E-state index contributed by atoms with van der Waals surface area (Å²) in [7, 11) is 0. The van der Waals surface area contributed by atoms with Gasteiger partial charge in [-0.05, 0) is 11.6 Å². The molecule has 3 N–H and O–H groups in total. The minimum atomic E-state index is -0.722. The monoisotopic (exact) mass is 280 g/mol. The Morgan fingerprint density at radius 3 is 2.85 bits per heavy atom. The van der Waals surface area contributed by atoms with E-state index < -0.39 is 11.6 Å². The van der Waals surface area contributed by atoms with Crippen LogP contribution in [0.25, 0.3) is 0 Å². The molecular formula is C13H14F2N4O. The Morgan fingerprint density at radius 2 is 2.20 bits per heavy atom. The van der Waals surface area contributed by atoms with Gasteiger partial charge in [0.2, 0.25) is 5.91 Å². The number of rotatable bonds is 5. The minimum absolute atomic E-state index is 0.132. The molecule has 2 rings (SSSR count). The maximum atomic E-state index is 13.4. The predicted molar refractivity (Wildman–Crippen MR) is 69.7 cm³/mol. The lowest BCUT2D eigenvalue weighted by molar-refractivity contribution is -0.120. The second-order valence-electron chi connectivity index (χ2n) is 4.30. The fourth-order valence-corrected chi connectivity index (χ4v) is 1.71. The Bertz CT molecular complexity index is 612. The molecule has 0 unspecified atom stereocenters. The van der Waals surface area contributed by atoms with Crippen LogP contribution in [0.3, 0.4) is 0 Å². The minimum Gasteiger partial charge on any atom is -0.396 e. The zero-order valence-electron chi connectivity index (χ0n) is 10.6. The van der Waals surface area contributed by atoms with Crippen molar-refractivity contribution >= 4 is 11.6 Å². The van der Waals surface area contributed by atoms with Crippen LogP contribution < -0.4 is 11.1 Å². The van der Waals surface area contributed by atoms with E-state index in [1.807, 2.05) is 0 Å². The molecule has 0 saturated carbocycles. The summed E-state index contributed by atoms with van der Waals surface area (Å²) in [5, 5.41) is 6.59. The van der Waals surface area contributed by atoms with Crippen LogP contribution in [-0.2, 0) is 17.8 Å². The Morgan fingerprint density at radius 1 is 1.40 bits per heavy atom. The molecule has 0 radical (unpaired) electrons. The molecular weight excluding hydrogens is 266 g/mol. The van der Waals surface area contributed by atoms with E-state index in [-0.39, 0.29) is 17.9 Å². The lowest BCUT2D eigenvalue weighted by Crippen LogP contribution is -2.29. The van der Waals surface area contributed by atoms with Gasteiger partial charge in [-0.3, -0.25) is 9.48 Å². The van der Waals surface area contributed by atoms with Crippen molar-refractivity contribution in [2.45, 2.75) is 13.0 Å². The molecule has 1 aromatic carbocycles. The van der Waals surface area contributed by atoms with Crippen molar-refractivity contribution in [3.63, 3.8) is 0 Å². The third-order valence-electron chi connectivity index (χ3n) is 2.68. The summed E-state index contributed by atoms with van der Waals surface area (Å²) in [6.45, 7) is 0.817. The molecule has 1 amide bonds. The van der Waals surface area contributed by atoms with Crippen LogP contribution in [0.2, 0.25) is 0 Å². The van der Waals surface area contributed by atoms with Crippen molar-refractivity contribution in [3.05, 3.63) is 47.8 Å². The lowest BCUT2D eigenvalue weighted by atomic mass is 10.1. The van der Waals surface area contributed by atoms with Crippen molar-refractivity contribution in [1.29, 1.82) is 0 Å². The highest BCUT2D eigenvalue weighted by molar-refractivity contribution is 5.78. The molecule has 20 heavy (non-hydrogen) atoms. The molecule has 1 aromatic heterocycles. The quantitative estimate of drug-likeness (QED) is 0.861. The van der Waals surface area contributed by atoms with Crippen LogP contribution in [0.4, 0.5) is 14.5 Å². The lowest BCUT2D eigenvalue weighted by Gasteiger charge is -2.06. The molecule has 106 valence electrons. The highest BCUT2D eigenvalue weighted by Gasteiger charge is 2.08. The van der Waals surface area contributed by atoms with Gasteiger partial charge in [-0.15, -0.1) is 0 Å². The van der Waals surface area contributed by atoms with Crippen molar-refractivity contribution in [3.8, 4) is 0 Å². The normalized spacial score (nSPS) is 10.5. The molecule has 1 heterocycles. The van der Waals surface area contributed by atoms with E-state index in [4.69, 9.17) is 5.73 Å². The van der Waals surface area contributed by atoms with Crippen LogP contribution in [-0.4, -0.2) is 22.2 Å². The number of nitrogens with zero attached hydrogens (tertiary/aromatic N) is 2. The summed E-state index contributed by atoms with van der Waals surface area (Å²) in [4.78, 5) is 11.6. The first kappa shape index (κ1) is 14.0. The zero-order valence-corrected chi connectivity index (χ0v) is 10.6. The number of hydrogen-bond donors (Lipinski definition) is 2. The molecule has 5 nitrogen and oxygen atoms in total. The van der Waals surface area contributed by atoms with E-state index in [2.05, 4.69) is 10.4 Å². The van der Waals surface area contributed by atoms with E-state index in [0.717, 1.165) is 12.1 Å². The van der Waals surface area contributed by atoms with Gasteiger partial charge in [0.15, 0.2) is 0 Å². The van der Waals surface area contributed by atoms with Gasteiger partial charge in [-0.25, -0.2) is 8.78 Å². The topological polar surface area (TPSA) is 72.9 Å². The van der Waals surface area contributed by atoms with Gasteiger partial charge in [-0.2, -0.15) is 5.10 Å². The molecule has 2 aromatic rings. The van der Waals surface area contributed by atoms with E-state index >= 15 is 0 Å². The van der Waals surface area contributed by atoms with Gasteiger partial charge in [0.25, 0.3) is 0 Å². The first-order valence-corrected chi connectivity index (χ1v) is 6.03. The van der Waals surface area contributed by atoms with Gasteiger partial charge in [0.1, 0.15) is 11.6 Å². The Hall–Kier alpha value is -2.44. The standard InChI is InChI=1S/C13H14F2N4O/c14-10-2-1-9(12(15)6-10)5-13(20)17-3-4-19-8-11(16)7-18-19/h1-2,6-8H,3-5,16H2,(H,17,20). The average molecular weight is 280 g/mol. The first-order chi connectivity index (χ1) is 9.54. The van der Waals surface area contributed by atoms with Crippen LogP contribution in [0.1, 0.15) is 5.56 Å². The molecule has 0 saturated heterocycles. The Kier molecular flexibility index (Phi) is 4.29. The number of nitrogen functional groups attached to an aromatic ring is 1. The molecule has 7 heteroatoms. The third kappa shape index (κ3) is 3.78. The van der Waals surface area contributed by atoms with Gasteiger partial charge < -0.3 is 11.1 Å². The number of nitrogens with one attached hydrogen (secondary N) is 1. The van der Waals surface area contributed by atoms with E-state index in [0.29, 0.717) is 18.8 Å². The summed E-state index contributed by atoms with van der Waals surface area (Å²) >= 11 is 0. The maximum Gasteiger partial charge on any atom is 0.224 e. The molecule has 0 bridgehead atoms. The summed E-state index contributed by atoms with van der Waals surface area (Å²) in [6.07, 6.45) is 3.02. The Balaban J connectivity index is 1.80. The third-order valence-corrected chi connectivity index (χ3v) is 2.68. The van der Waals surface area contributed by atoms with E-state index in [1.165, 1.54) is 12.3 Å². The highest BCUT2D eigenvalue weighted by atomic mass is 19.1. The fourth-order valence-electron chi connectivity index (χ4n) is 1.71. The number of aromatic nitrogens is 2. The number of anilines is 1. The highest BCUT2D eigenvalue weighted by Crippen LogP contribution is 2.09. The summed E-state index contributed by atoms with van der Waals surface area (Å²) in [6, 6.07) is 3.14. The number of nitrogens with two attached hydrogens (primary N) is 1. The van der Waals surface area contributed by atoms with Crippen LogP contribution in [0, 0.1) is 11.6 Å². The van der Waals surface area contributed by atoms with Crippen molar-refractivity contribution in [1.82, 2.24) is 15.1 Å². The second-order valence-corrected chi connectivity index (χ2v) is 4.30. The van der Waals surface area contributed by atoms with Gasteiger partial charge in [0, 0.05) is 18.8 Å². The van der Waals surface area contributed by atoms with Gasteiger partial charge >= 0.3 is 0 Å². The van der Waals surface area contributed by atoms with Gasteiger partial charge in [-0.1, -0.05) is 6.07 Å². The molecule has 0 aliphatic rings. The number of halogens is 2. The first-order valence-electron chi connectivity index (χ1n) is 6.03. The molecule has 0 fully saturated rings. The maximum absolute atomic E-state index is 13.4. The summed E-state index contributed by atoms with van der Waals surface area (Å²) in [5.41, 5.74) is 6.20. The number of hydrogen-bond acceptors (Lipinski definition) is 3. The van der Waals surface area contributed by atoms with Gasteiger partial charge in [0.05, 0.1) is 24.8 Å². The number of carbonyl (C=O) groups excluding carboxylic acids is 1. The van der Waals surface area contributed by atoms with E-state index in [9.17, 15) is 13.6 Å². The predicted octanol–water partition coefficient (Wildman–Crippen LogP) is 1.10. The molecule has 0 aliphatic heterocycles. The SMILES string of the molecule is Nc1cnn(CCNC(=O)Cc2ccc(F)cc2F)c1. The van der Waals surface area contributed by atoms with Crippen LogP contribution in [0.5, 0.6) is 0 Å². The number of benzene rings is 1. The van der Waals surface area contributed by atoms with Crippen molar-refractivity contribution < 1.29 is 13.6 Å². The van der Waals surface area contributed by atoms with Crippen LogP contribution in [0.15, 0.2) is 30.6 Å². The average Bonchev–Trinajstić information content (AvgIpc) is 2.79. The molecule has 0 aliphatic carbocycles. The fraction of sp³-hybridized carbons (Fsp3) is 0.231. The van der Waals surface area contributed by atoms with Crippen LogP contribution >= 0.6 is 0 Å². The number of carbonyl (C=O) groups is 1. The van der Waals surface area contributed by atoms with E-state index in [1.54, 1.807) is 10.9 Å². The number of amides is 1. The second kappa shape index (κ2) is 6.14. The Labute approximate surface area is 114 Å². The smallest absolute Gasteiger partial charge is 0.224 e.